The van der Waals surface area contributed by atoms with Crippen LogP contribution in [0.2, 0.25) is 0 Å². The Morgan fingerprint density at radius 1 is 1.00 bits per heavy atom. The summed E-state index contributed by atoms with van der Waals surface area (Å²) in [5, 5.41) is 3.23. The first-order chi connectivity index (χ1) is 13.9. The topological polar surface area (TPSA) is 78.5 Å². The predicted octanol–water partition coefficient (Wildman–Crippen LogP) is 3.08. The Kier molecular flexibility index (Phi) is 7.95. The fourth-order valence-corrected chi connectivity index (χ4v) is 4.88. The largest absolute Gasteiger partial charge is 0.335 e. The molecule has 1 saturated heterocycles. The van der Waals surface area contributed by atoms with E-state index in [1.807, 2.05) is 4.90 Å². The summed E-state index contributed by atoms with van der Waals surface area (Å²) in [4.78, 5) is 14.5. The first-order valence-electron chi connectivity index (χ1n) is 11.0. The molecule has 1 saturated carbocycles. The van der Waals surface area contributed by atoms with Gasteiger partial charge in [-0.2, -0.15) is 0 Å². The average Bonchev–Trinajstić information content (AvgIpc) is 2.70. The van der Waals surface area contributed by atoms with Gasteiger partial charge in [0.05, 0.1) is 6.26 Å². The van der Waals surface area contributed by atoms with Crippen molar-refractivity contribution < 1.29 is 13.2 Å². The molecule has 1 heterocycles. The molecule has 3 rings (SSSR count). The molecule has 6 nitrogen and oxygen atoms in total. The number of carbonyl (C=O) groups excluding carboxylic acids is 1. The third-order valence-corrected chi connectivity index (χ3v) is 6.89. The van der Waals surface area contributed by atoms with Gasteiger partial charge in [0.1, 0.15) is 0 Å². The normalized spacial score (nSPS) is 19.3. The van der Waals surface area contributed by atoms with E-state index < -0.39 is 10.0 Å². The molecule has 1 aliphatic carbocycles. The lowest BCUT2D eigenvalue weighted by molar-refractivity contribution is 0.164. The maximum Gasteiger partial charge on any atom is 0.317 e. The van der Waals surface area contributed by atoms with E-state index in [1.165, 1.54) is 31.1 Å². The van der Waals surface area contributed by atoms with Gasteiger partial charge >= 0.3 is 6.03 Å². The van der Waals surface area contributed by atoms with Gasteiger partial charge < -0.3 is 10.2 Å². The number of nitrogens with one attached hydrogen (secondary N) is 2. The summed E-state index contributed by atoms with van der Waals surface area (Å²) >= 11 is 0. The van der Waals surface area contributed by atoms with E-state index in [9.17, 15) is 13.2 Å². The summed E-state index contributed by atoms with van der Waals surface area (Å²) in [5.74, 6) is 0.617. The highest BCUT2D eigenvalue weighted by atomic mass is 32.2. The number of hydrogen-bond acceptors (Lipinski definition) is 3. The van der Waals surface area contributed by atoms with Gasteiger partial charge in [-0.3, -0.25) is 0 Å². The van der Waals surface area contributed by atoms with E-state index in [2.05, 4.69) is 34.3 Å². The number of benzene rings is 1. The van der Waals surface area contributed by atoms with Crippen molar-refractivity contribution in [1.82, 2.24) is 14.9 Å². The molecule has 2 amide bonds. The lowest BCUT2D eigenvalue weighted by Gasteiger charge is -2.34. The third kappa shape index (κ3) is 7.63. The Hall–Kier alpha value is -1.60. The standard InChI is InChI=1S/C22H35N3O3S/c1-29(27,28)23-14-11-18-7-9-19(10-8-18)17-20-12-15-25(16-13-20)22(26)24-21-5-3-2-4-6-21/h7-10,20-21,23H,2-6,11-17H2,1H3,(H,24,26). The van der Waals surface area contributed by atoms with Crippen LogP contribution in [0.15, 0.2) is 24.3 Å². The van der Waals surface area contributed by atoms with E-state index in [4.69, 9.17) is 0 Å². The van der Waals surface area contributed by atoms with Crippen LogP contribution >= 0.6 is 0 Å². The average molecular weight is 422 g/mol. The van der Waals surface area contributed by atoms with Crippen molar-refractivity contribution >= 4 is 16.1 Å². The smallest absolute Gasteiger partial charge is 0.317 e. The molecule has 1 aromatic carbocycles. The van der Waals surface area contributed by atoms with Crippen LogP contribution in [0, 0.1) is 5.92 Å². The number of rotatable bonds is 7. The minimum absolute atomic E-state index is 0.127. The van der Waals surface area contributed by atoms with E-state index in [0.717, 1.165) is 50.8 Å². The van der Waals surface area contributed by atoms with Gasteiger partial charge in [0.15, 0.2) is 0 Å². The summed E-state index contributed by atoms with van der Waals surface area (Å²) in [6, 6.07) is 8.98. The van der Waals surface area contributed by atoms with Crippen LogP contribution in [0.1, 0.15) is 56.1 Å². The summed E-state index contributed by atoms with van der Waals surface area (Å²) in [7, 11) is -3.12. The predicted molar refractivity (Wildman–Crippen MR) is 116 cm³/mol. The van der Waals surface area contributed by atoms with Crippen molar-refractivity contribution in [2.75, 3.05) is 25.9 Å². The number of hydrogen-bond donors (Lipinski definition) is 2. The van der Waals surface area contributed by atoms with Gasteiger partial charge in [0.25, 0.3) is 0 Å². The molecule has 0 bridgehead atoms. The zero-order chi connectivity index (χ0) is 20.7. The number of sulfonamides is 1. The van der Waals surface area contributed by atoms with E-state index in [1.54, 1.807) is 0 Å². The summed E-state index contributed by atoms with van der Waals surface area (Å²) < 4.78 is 24.8. The Labute approximate surface area is 175 Å². The van der Waals surface area contributed by atoms with E-state index in [-0.39, 0.29) is 6.03 Å². The van der Waals surface area contributed by atoms with Gasteiger partial charge in [0.2, 0.25) is 10.0 Å². The van der Waals surface area contributed by atoms with E-state index in [0.29, 0.717) is 24.9 Å². The van der Waals surface area contributed by atoms with Crippen LogP contribution in [0.3, 0.4) is 0 Å². The van der Waals surface area contributed by atoms with Crippen molar-refractivity contribution in [2.24, 2.45) is 5.92 Å². The SMILES string of the molecule is CS(=O)(=O)NCCc1ccc(CC2CCN(C(=O)NC3CCCCC3)CC2)cc1. The third-order valence-electron chi connectivity index (χ3n) is 6.16. The second-order valence-electron chi connectivity index (χ2n) is 8.65. The quantitative estimate of drug-likeness (QED) is 0.710. The number of piperidine rings is 1. The van der Waals surface area contributed by atoms with Crippen molar-refractivity contribution in [3.63, 3.8) is 0 Å². The first-order valence-corrected chi connectivity index (χ1v) is 12.9. The van der Waals surface area contributed by atoms with Crippen molar-refractivity contribution in [1.29, 1.82) is 0 Å². The number of likely N-dealkylation sites (tertiary alicyclic amines) is 1. The van der Waals surface area contributed by atoms with Gasteiger partial charge in [-0.15, -0.1) is 0 Å². The molecule has 2 aliphatic rings. The molecule has 29 heavy (non-hydrogen) atoms. The Morgan fingerprint density at radius 3 is 2.24 bits per heavy atom. The summed E-state index contributed by atoms with van der Waals surface area (Å²) in [5.41, 5.74) is 2.45. The van der Waals surface area contributed by atoms with Gasteiger partial charge in [0, 0.05) is 25.7 Å². The molecular formula is C22H35N3O3S. The van der Waals surface area contributed by atoms with Crippen LogP contribution in [0.5, 0.6) is 0 Å². The number of amides is 2. The van der Waals surface area contributed by atoms with Crippen LogP contribution in [0.4, 0.5) is 4.79 Å². The second kappa shape index (κ2) is 10.4. The highest BCUT2D eigenvalue weighted by molar-refractivity contribution is 7.88. The van der Waals surface area contributed by atoms with Crippen molar-refractivity contribution in [2.45, 2.75) is 63.8 Å². The second-order valence-corrected chi connectivity index (χ2v) is 10.5. The lowest BCUT2D eigenvalue weighted by Crippen LogP contribution is -2.48. The van der Waals surface area contributed by atoms with Crippen molar-refractivity contribution in [3.05, 3.63) is 35.4 Å². The molecule has 7 heteroatoms. The zero-order valence-corrected chi connectivity index (χ0v) is 18.3. The zero-order valence-electron chi connectivity index (χ0n) is 17.5. The fraction of sp³-hybridized carbons (Fsp3) is 0.682. The van der Waals surface area contributed by atoms with Gasteiger partial charge in [-0.05, 0) is 55.6 Å². The first kappa shape index (κ1) is 22.1. The molecule has 2 fully saturated rings. The Bertz CT molecular complexity index is 750. The maximum atomic E-state index is 12.5. The molecule has 1 aromatic rings. The van der Waals surface area contributed by atoms with Crippen LogP contribution in [-0.4, -0.2) is 51.3 Å². The number of carbonyl (C=O) groups is 1. The molecule has 0 aromatic heterocycles. The molecule has 0 spiro atoms. The summed E-state index contributed by atoms with van der Waals surface area (Å²) in [6.45, 7) is 2.12. The fourth-order valence-electron chi connectivity index (χ4n) is 4.41. The number of nitrogens with zero attached hydrogens (tertiary/aromatic N) is 1. The van der Waals surface area contributed by atoms with Crippen LogP contribution in [0.25, 0.3) is 0 Å². The maximum absolute atomic E-state index is 12.5. The van der Waals surface area contributed by atoms with Gasteiger partial charge in [-0.25, -0.2) is 17.9 Å². The number of urea groups is 1. The minimum Gasteiger partial charge on any atom is -0.335 e. The van der Waals surface area contributed by atoms with Crippen LogP contribution in [-0.2, 0) is 22.9 Å². The highest BCUT2D eigenvalue weighted by Crippen LogP contribution is 2.23. The van der Waals surface area contributed by atoms with Gasteiger partial charge in [-0.1, -0.05) is 43.5 Å². The Balaban J connectivity index is 1.38. The molecule has 0 radical (unpaired) electrons. The molecule has 162 valence electrons. The molecular weight excluding hydrogens is 386 g/mol. The lowest BCUT2D eigenvalue weighted by atomic mass is 9.90. The minimum atomic E-state index is -3.12. The van der Waals surface area contributed by atoms with Crippen molar-refractivity contribution in [3.8, 4) is 0 Å². The summed E-state index contributed by atoms with van der Waals surface area (Å²) in [6.07, 6.45) is 11.1. The monoisotopic (exact) mass is 421 g/mol. The van der Waals surface area contributed by atoms with Crippen LogP contribution < -0.4 is 10.0 Å². The molecule has 1 aliphatic heterocycles. The Morgan fingerprint density at radius 2 is 1.62 bits per heavy atom. The molecule has 2 N–H and O–H groups in total. The molecule has 0 unspecified atom stereocenters. The molecule has 0 atom stereocenters. The highest BCUT2D eigenvalue weighted by Gasteiger charge is 2.25. The van der Waals surface area contributed by atoms with E-state index >= 15 is 0 Å².